The van der Waals surface area contributed by atoms with E-state index in [0.29, 0.717) is 37.9 Å². The predicted octanol–water partition coefficient (Wildman–Crippen LogP) is 2.94. The molecule has 3 heterocycles. The van der Waals surface area contributed by atoms with E-state index < -0.39 is 0 Å². The summed E-state index contributed by atoms with van der Waals surface area (Å²) < 4.78 is 11.0. The molecular formula is C23H32N4O4. The first-order chi connectivity index (χ1) is 14.9. The first kappa shape index (κ1) is 21.5. The summed E-state index contributed by atoms with van der Waals surface area (Å²) in [6.45, 7) is 8.54. The largest absolute Gasteiger partial charge is 0.490 e. The molecule has 0 radical (unpaired) electrons. The van der Waals surface area contributed by atoms with E-state index in [2.05, 4.69) is 23.7 Å². The Balaban J connectivity index is 1.38. The number of carbonyl (C=O) groups is 2. The number of aromatic amines is 1. The minimum Gasteiger partial charge on any atom is -0.490 e. The number of ether oxygens (including phenoxy) is 2. The van der Waals surface area contributed by atoms with E-state index in [-0.39, 0.29) is 18.1 Å². The van der Waals surface area contributed by atoms with Crippen LogP contribution in [0.3, 0.4) is 0 Å². The second-order valence-electron chi connectivity index (χ2n) is 8.63. The van der Waals surface area contributed by atoms with E-state index >= 15 is 0 Å². The number of fused-ring (bicyclic) bond motifs is 1. The Kier molecular flexibility index (Phi) is 6.36. The minimum atomic E-state index is -0.347. The summed E-state index contributed by atoms with van der Waals surface area (Å²) in [4.78, 5) is 33.7. The standard InChI is InChI=1S/C23H32N4O4/c1-16(2)25-8-6-18(7-9-25)31-19-4-5-20-17(14-19)15-21(24-20)22(28)26-10-12-27(13-11-26)23(29)30-3/h4-5,14-16,18,24H,6-13H2,1-3H3. The van der Waals surface area contributed by atoms with Gasteiger partial charge in [0.15, 0.2) is 0 Å². The fourth-order valence-electron chi connectivity index (χ4n) is 4.39. The highest BCUT2D eigenvalue weighted by Gasteiger charge is 2.26. The number of nitrogens with zero attached hydrogens (tertiary/aromatic N) is 3. The van der Waals surface area contributed by atoms with E-state index in [1.807, 2.05) is 24.3 Å². The second kappa shape index (κ2) is 9.18. The molecule has 2 aliphatic rings. The average molecular weight is 429 g/mol. The number of nitrogens with one attached hydrogen (secondary N) is 1. The fraction of sp³-hybridized carbons (Fsp3) is 0.565. The van der Waals surface area contributed by atoms with Gasteiger partial charge in [-0.15, -0.1) is 0 Å². The van der Waals surface area contributed by atoms with Crippen LogP contribution in [0.1, 0.15) is 37.2 Å². The SMILES string of the molecule is COC(=O)N1CCN(C(=O)c2cc3cc(OC4CCN(C(C)C)CC4)ccc3[nH]2)CC1. The monoisotopic (exact) mass is 428 g/mol. The number of piperazine rings is 1. The number of H-pyrrole nitrogens is 1. The number of amides is 2. The Labute approximate surface area is 183 Å². The van der Waals surface area contributed by atoms with Crippen molar-refractivity contribution < 1.29 is 19.1 Å². The van der Waals surface area contributed by atoms with Gasteiger partial charge in [0.25, 0.3) is 5.91 Å². The molecular weight excluding hydrogens is 396 g/mol. The van der Waals surface area contributed by atoms with Gasteiger partial charge in [0.05, 0.1) is 7.11 Å². The summed E-state index contributed by atoms with van der Waals surface area (Å²) in [5.74, 6) is 0.796. The molecule has 8 heteroatoms. The van der Waals surface area contributed by atoms with Crippen molar-refractivity contribution in [3.05, 3.63) is 30.0 Å². The third-order valence-corrected chi connectivity index (χ3v) is 6.33. The van der Waals surface area contributed by atoms with Gasteiger partial charge >= 0.3 is 6.09 Å². The van der Waals surface area contributed by atoms with Gasteiger partial charge in [-0.2, -0.15) is 0 Å². The number of rotatable bonds is 4. The molecule has 1 aromatic carbocycles. The van der Waals surface area contributed by atoms with Crippen LogP contribution in [-0.4, -0.2) is 90.2 Å². The first-order valence-corrected chi connectivity index (χ1v) is 11.1. The molecule has 0 bridgehead atoms. The third-order valence-electron chi connectivity index (χ3n) is 6.33. The Morgan fingerprint density at radius 1 is 1.00 bits per heavy atom. The third kappa shape index (κ3) is 4.79. The van der Waals surface area contributed by atoms with Crippen LogP contribution in [0, 0.1) is 0 Å². The first-order valence-electron chi connectivity index (χ1n) is 11.1. The Morgan fingerprint density at radius 3 is 2.32 bits per heavy atom. The molecule has 0 atom stereocenters. The maximum absolute atomic E-state index is 12.9. The molecule has 2 saturated heterocycles. The van der Waals surface area contributed by atoms with Crippen LogP contribution in [0.25, 0.3) is 10.9 Å². The van der Waals surface area contributed by atoms with Crippen molar-refractivity contribution in [1.82, 2.24) is 19.7 Å². The molecule has 8 nitrogen and oxygen atoms in total. The summed E-state index contributed by atoms with van der Waals surface area (Å²) in [5, 5.41) is 0.966. The molecule has 31 heavy (non-hydrogen) atoms. The highest BCUT2D eigenvalue weighted by atomic mass is 16.5. The van der Waals surface area contributed by atoms with Gasteiger partial charge in [0.2, 0.25) is 0 Å². The number of methoxy groups -OCH3 is 1. The van der Waals surface area contributed by atoms with Crippen LogP contribution in [0.2, 0.25) is 0 Å². The van der Waals surface area contributed by atoms with E-state index in [4.69, 9.17) is 9.47 Å². The molecule has 1 aromatic heterocycles. The van der Waals surface area contributed by atoms with Crippen molar-refractivity contribution in [1.29, 1.82) is 0 Å². The van der Waals surface area contributed by atoms with Crippen LogP contribution in [0.15, 0.2) is 24.3 Å². The maximum atomic E-state index is 12.9. The van der Waals surface area contributed by atoms with Gasteiger partial charge in [0.1, 0.15) is 17.5 Å². The summed E-state index contributed by atoms with van der Waals surface area (Å²) in [6.07, 6.45) is 1.95. The lowest BCUT2D eigenvalue weighted by Crippen LogP contribution is -2.50. The van der Waals surface area contributed by atoms with Crippen molar-refractivity contribution >= 4 is 22.9 Å². The molecule has 2 aliphatic heterocycles. The molecule has 168 valence electrons. The minimum absolute atomic E-state index is 0.0516. The normalized spacial score (nSPS) is 18.6. The maximum Gasteiger partial charge on any atom is 0.409 e. The summed E-state index contributed by atoms with van der Waals surface area (Å²) >= 11 is 0. The van der Waals surface area contributed by atoms with Crippen molar-refractivity contribution in [2.24, 2.45) is 0 Å². The van der Waals surface area contributed by atoms with Gasteiger partial charge < -0.3 is 29.2 Å². The lowest BCUT2D eigenvalue weighted by molar-refractivity contribution is 0.0595. The van der Waals surface area contributed by atoms with Crippen molar-refractivity contribution in [2.45, 2.75) is 38.8 Å². The molecule has 0 aliphatic carbocycles. The number of likely N-dealkylation sites (tertiary alicyclic amines) is 1. The van der Waals surface area contributed by atoms with Crippen LogP contribution in [0.4, 0.5) is 4.79 Å². The zero-order chi connectivity index (χ0) is 22.0. The van der Waals surface area contributed by atoms with Crippen LogP contribution in [-0.2, 0) is 4.74 Å². The van der Waals surface area contributed by atoms with Gasteiger partial charge in [-0.25, -0.2) is 4.79 Å². The van der Waals surface area contributed by atoms with Gasteiger partial charge in [-0.1, -0.05) is 0 Å². The van der Waals surface area contributed by atoms with Crippen molar-refractivity contribution in [3.8, 4) is 5.75 Å². The van der Waals surface area contributed by atoms with Crippen LogP contribution < -0.4 is 4.74 Å². The lowest BCUT2D eigenvalue weighted by Gasteiger charge is -2.34. The number of hydrogen-bond acceptors (Lipinski definition) is 5. The molecule has 2 aromatic rings. The highest BCUT2D eigenvalue weighted by molar-refractivity contribution is 5.98. The topological polar surface area (TPSA) is 78.1 Å². The number of aromatic nitrogens is 1. The summed E-state index contributed by atoms with van der Waals surface area (Å²) in [5.41, 5.74) is 1.47. The lowest BCUT2D eigenvalue weighted by atomic mass is 10.1. The smallest absolute Gasteiger partial charge is 0.409 e. The van der Waals surface area contributed by atoms with E-state index in [9.17, 15) is 9.59 Å². The van der Waals surface area contributed by atoms with Crippen LogP contribution in [0.5, 0.6) is 5.75 Å². The highest BCUT2D eigenvalue weighted by Crippen LogP contribution is 2.25. The fourth-order valence-corrected chi connectivity index (χ4v) is 4.39. The zero-order valence-electron chi connectivity index (χ0n) is 18.6. The molecule has 0 saturated carbocycles. The van der Waals surface area contributed by atoms with Gasteiger partial charge in [0, 0.05) is 56.2 Å². The van der Waals surface area contributed by atoms with Crippen LogP contribution >= 0.6 is 0 Å². The average Bonchev–Trinajstić information content (AvgIpc) is 3.22. The summed E-state index contributed by atoms with van der Waals surface area (Å²) in [6, 6.07) is 8.42. The van der Waals surface area contributed by atoms with Crippen molar-refractivity contribution in [3.63, 3.8) is 0 Å². The van der Waals surface area contributed by atoms with E-state index in [0.717, 1.165) is 42.6 Å². The van der Waals surface area contributed by atoms with E-state index in [1.165, 1.54) is 7.11 Å². The van der Waals surface area contributed by atoms with Crippen molar-refractivity contribution in [2.75, 3.05) is 46.4 Å². The number of hydrogen-bond donors (Lipinski definition) is 1. The number of benzene rings is 1. The molecule has 0 spiro atoms. The zero-order valence-corrected chi connectivity index (χ0v) is 18.6. The molecule has 4 rings (SSSR count). The number of carbonyl (C=O) groups excluding carboxylic acids is 2. The molecule has 1 N–H and O–H groups in total. The Bertz CT molecular complexity index is 925. The Hall–Kier alpha value is -2.74. The van der Waals surface area contributed by atoms with Gasteiger partial charge in [-0.05, 0) is 51.0 Å². The second-order valence-corrected chi connectivity index (χ2v) is 8.63. The molecule has 0 unspecified atom stereocenters. The predicted molar refractivity (Wildman–Crippen MR) is 119 cm³/mol. The Morgan fingerprint density at radius 2 is 1.68 bits per heavy atom. The molecule has 2 amide bonds. The summed E-state index contributed by atoms with van der Waals surface area (Å²) in [7, 11) is 1.37. The van der Waals surface area contributed by atoms with E-state index in [1.54, 1.807) is 9.80 Å². The van der Waals surface area contributed by atoms with Gasteiger partial charge in [-0.3, -0.25) is 4.79 Å². The molecule has 2 fully saturated rings. The number of piperidine rings is 1. The quantitative estimate of drug-likeness (QED) is 0.810.